The molecule has 4 heteroatoms. The molecule has 1 aromatic carbocycles. The first-order valence-corrected chi connectivity index (χ1v) is 6.84. The topological polar surface area (TPSA) is 50.4 Å². The van der Waals surface area contributed by atoms with E-state index in [-0.39, 0.29) is 12.0 Å². The smallest absolute Gasteiger partial charge is 0.234 e. The van der Waals surface area contributed by atoms with Crippen LogP contribution in [0.15, 0.2) is 18.2 Å². The minimum Gasteiger partial charge on any atom is -0.375 e. The summed E-state index contributed by atoms with van der Waals surface area (Å²) in [7, 11) is 0. The number of ether oxygens (including phenoxy) is 1. The van der Waals surface area contributed by atoms with Crippen molar-refractivity contribution in [3.05, 3.63) is 29.3 Å². The predicted molar refractivity (Wildman–Crippen MR) is 74.4 cm³/mol. The first-order chi connectivity index (χ1) is 9.07. The Hall–Kier alpha value is -1.39. The van der Waals surface area contributed by atoms with Gasteiger partial charge in [0.25, 0.3) is 0 Å². The molecule has 0 spiro atoms. The zero-order valence-corrected chi connectivity index (χ0v) is 11.5. The van der Waals surface area contributed by atoms with Crippen molar-refractivity contribution < 1.29 is 9.53 Å². The number of morpholine rings is 1. The van der Waals surface area contributed by atoms with Crippen molar-refractivity contribution in [3.63, 3.8) is 0 Å². The molecule has 1 saturated heterocycles. The van der Waals surface area contributed by atoms with E-state index < -0.39 is 5.41 Å². The molecule has 1 fully saturated rings. The third-order valence-electron chi connectivity index (χ3n) is 4.04. The number of carbonyl (C=O) groups excluding carboxylic acids is 1. The normalized spacial score (nSPS) is 24.9. The molecule has 1 aromatic rings. The maximum Gasteiger partial charge on any atom is 0.234 e. The van der Waals surface area contributed by atoms with Crippen molar-refractivity contribution in [1.29, 1.82) is 0 Å². The molecule has 0 saturated carbocycles. The van der Waals surface area contributed by atoms with Gasteiger partial charge in [-0.25, -0.2) is 0 Å². The summed E-state index contributed by atoms with van der Waals surface area (Å²) in [5, 5.41) is 6.28. The molecule has 4 nitrogen and oxygen atoms in total. The fraction of sp³-hybridized carbons (Fsp3) is 0.533. The molecule has 1 unspecified atom stereocenters. The third kappa shape index (κ3) is 2.26. The highest BCUT2D eigenvalue weighted by molar-refractivity contribution is 6.05. The van der Waals surface area contributed by atoms with Crippen LogP contribution in [0.1, 0.15) is 25.0 Å². The summed E-state index contributed by atoms with van der Waals surface area (Å²) in [6.45, 7) is 6.55. The number of hydrogen-bond acceptors (Lipinski definition) is 3. The van der Waals surface area contributed by atoms with Crippen LogP contribution >= 0.6 is 0 Å². The fourth-order valence-corrected chi connectivity index (χ4v) is 2.76. The Kier molecular flexibility index (Phi) is 3.07. The zero-order valence-electron chi connectivity index (χ0n) is 11.5. The van der Waals surface area contributed by atoms with Gasteiger partial charge in [0.05, 0.1) is 18.1 Å². The summed E-state index contributed by atoms with van der Waals surface area (Å²) < 4.78 is 5.73. The number of hydrogen-bond donors (Lipinski definition) is 2. The van der Waals surface area contributed by atoms with Crippen molar-refractivity contribution >= 4 is 11.6 Å². The minimum atomic E-state index is -0.434. The van der Waals surface area contributed by atoms with Gasteiger partial charge >= 0.3 is 0 Å². The van der Waals surface area contributed by atoms with E-state index in [0.717, 1.165) is 37.4 Å². The SMILES string of the molecule is CC1(C)C(=O)Nc2ccc(CC3CNCCO3)cc21. The number of fused-ring (bicyclic) bond motifs is 1. The highest BCUT2D eigenvalue weighted by atomic mass is 16.5. The lowest BCUT2D eigenvalue weighted by molar-refractivity contribution is -0.119. The van der Waals surface area contributed by atoms with E-state index in [9.17, 15) is 4.79 Å². The molecule has 0 bridgehead atoms. The second kappa shape index (κ2) is 4.62. The van der Waals surface area contributed by atoms with Crippen molar-refractivity contribution in [2.75, 3.05) is 25.0 Å². The van der Waals surface area contributed by atoms with Gasteiger partial charge in [0, 0.05) is 18.8 Å². The second-order valence-corrected chi connectivity index (χ2v) is 5.86. The van der Waals surface area contributed by atoms with E-state index in [1.54, 1.807) is 0 Å². The van der Waals surface area contributed by atoms with Crippen molar-refractivity contribution in [2.45, 2.75) is 31.8 Å². The largest absolute Gasteiger partial charge is 0.375 e. The lowest BCUT2D eigenvalue weighted by Crippen LogP contribution is -2.39. The summed E-state index contributed by atoms with van der Waals surface area (Å²) in [6, 6.07) is 6.23. The molecule has 1 amide bonds. The summed E-state index contributed by atoms with van der Waals surface area (Å²) in [6.07, 6.45) is 1.13. The molecule has 3 rings (SSSR count). The summed E-state index contributed by atoms with van der Waals surface area (Å²) in [5.74, 6) is 0.0789. The number of anilines is 1. The standard InChI is InChI=1S/C15H20N2O2/c1-15(2)12-8-10(3-4-13(12)17-14(15)18)7-11-9-16-5-6-19-11/h3-4,8,11,16H,5-7,9H2,1-2H3,(H,17,18). The monoisotopic (exact) mass is 260 g/mol. The van der Waals surface area contributed by atoms with Gasteiger partial charge in [0.1, 0.15) is 0 Å². The van der Waals surface area contributed by atoms with Gasteiger partial charge in [-0.05, 0) is 37.5 Å². The Morgan fingerprint density at radius 3 is 3.00 bits per heavy atom. The molecule has 2 heterocycles. The lowest BCUT2D eigenvalue weighted by Gasteiger charge is -2.24. The Morgan fingerprint density at radius 2 is 2.26 bits per heavy atom. The number of nitrogens with one attached hydrogen (secondary N) is 2. The average Bonchev–Trinajstić information content (AvgIpc) is 2.62. The van der Waals surface area contributed by atoms with Crippen LogP contribution in [0.2, 0.25) is 0 Å². The molecule has 2 N–H and O–H groups in total. The second-order valence-electron chi connectivity index (χ2n) is 5.86. The summed E-state index contributed by atoms with van der Waals surface area (Å²) in [4.78, 5) is 11.9. The number of benzene rings is 1. The first kappa shape index (κ1) is 12.6. The van der Waals surface area contributed by atoms with Gasteiger partial charge in [-0.2, -0.15) is 0 Å². The zero-order chi connectivity index (χ0) is 13.5. The average molecular weight is 260 g/mol. The Bertz CT molecular complexity index is 505. The molecule has 0 aliphatic carbocycles. The van der Waals surface area contributed by atoms with E-state index in [0.29, 0.717) is 0 Å². The van der Waals surface area contributed by atoms with Gasteiger partial charge < -0.3 is 15.4 Å². The first-order valence-electron chi connectivity index (χ1n) is 6.84. The van der Waals surface area contributed by atoms with Crippen molar-refractivity contribution in [2.24, 2.45) is 0 Å². The van der Waals surface area contributed by atoms with Gasteiger partial charge in [-0.15, -0.1) is 0 Å². The summed E-state index contributed by atoms with van der Waals surface area (Å²) >= 11 is 0. The third-order valence-corrected chi connectivity index (χ3v) is 4.04. The summed E-state index contributed by atoms with van der Waals surface area (Å²) in [5.41, 5.74) is 2.84. The molecule has 2 aliphatic rings. The minimum absolute atomic E-state index is 0.0789. The molecule has 2 aliphatic heterocycles. The van der Waals surface area contributed by atoms with Gasteiger partial charge in [0.15, 0.2) is 0 Å². The molecular weight excluding hydrogens is 240 g/mol. The Labute approximate surface area is 113 Å². The van der Waals surface area contributed by atoms with Crippen LogP contribution in [-0.2, 0) is 21.4 Å². The highest BCUT2D eigenvalue weighted by Crippen LogP contribution is 2.37. The fourth-order valence-electron chi connectivity index (χ4n) is 2.76. The van der Waals surface area contributed by atoms with E-state index in [1.165, 1.54) is 5.56 Å². The van der Waals surface area contributed by atoms with Crippen LogP contribution in [0.5, 0.6) is 0 Å². The van der Waals surface area contributed by atoms with Crippen molar-refractivity contribution in [1.82, 2.24) is 5.32 Å². The number of carbonyl (C=O) groups is 1. The van der Waals surface area contributed by atoms with E-state index in [2.05, 4.69) is 22.8 Å². The van der Waals surface area contributed by atoms with Gasteiger partial charge in [-0.3, -0.25) is 4.79 Å². The highest BCUT2D eigenvalue weighted by Gasteiger charge is 2.38. The number of amides is 1. The maximum atomic E-state index is 11.9. The quantitative estimate of drug-likeness (QED) is 0.846. The van der Waals surface area contributed by atoms with E-state index >= 15 is 0 Å². The molecule has 0 aromatic heterocycles. The molecule has 0 radical (unpaired) electrons. The van der Waals surface area contributed by atoms with Gasteiger partial charge in [-0.1, -0.05) is 12.1 Å². The van der Waals surface area contributed by atoms with Crippen LogP contribution in [0.3, 0.4) is 0 Å². The number of rotatable bonds is 2. The predicted octanol–water partition coefficient (Wildman–Crippen LogP) is 1.45. The Morgan fingerprint density at radius 1 is 1.42 bits per heavy atom. The maximum absolute atomic E-state index is 11.9. The van der Waals surface area contributed by atoms with Crippen LogP contribution in [-0.4, -0.2) is 31.7 Å². The molecule has 1 atom stereocenters. The van der Waals surface area contributed by atoms with Crippen LogP contribution in [0.4, 0.5) is 5.69 Å². The molecule has 102 valence electrons. The lowest BCUT2D eigenvalue weighted by atomic mass is 9.85. The molecule has 19 heavy (non-hydrogen) atoms. The van der Waals surface area contributed by atoms with Crippen LogP contribution in [0, 0.1) is 0 Å². The van der Waals surface area contributed by atoms with Crippen LogP contribution in [0.25, 0.3) is 0 Å². The molecular formula is C15H20N2O2. The van der Waals surface area contributed by atoms with Gasteiger partial charge in [0.2, 0.25) is 5.91 Å². The van der Waals surface area contributed by atoms with Crippen LogP contribution < -0.4 is 10.6 Å². The van der Waals surface area contributed by atoms with E-state index in [4.69, 9.17) is 4.74 Å². The van der Waals surface area contributed by atoms with Crippen molar-refractivity contribution in [3.8, 4) is 0 Å². The van der Waals surface area contributed by atoms with E-state index in [1.807, 2.05) is 19.9 Å². The Balaban J connectivity index is 1.82.